The van der Waals surface area contributed by atoms with Crippen LogP contribution in [-0.2, 0) is 11.3 Å². The first-order valence-corrected chi connectivity index (χ1v) is 5.27. The molecule has 1 aromatic heterocycles. The van der Waals surface area contributed by atoms with Crippen LogP contribution in [0.15, 0.2) is 18.2 Å². The molecule has 0 unspecified atom stereocenters. The van der Waals surface area contributed by atoms with Crippen LogP contribution in [0.1, 0.15) is 12.8 Å². The van der Waals surface area contributed by atoms with Crippen LogP contribution in [0, 0.1) is 5.82 Å². The summed E-state index contributed by atoms with van der Waals surface area (Å²) >= 11 is 0. The van der Waals surface area contributed by atoms with Crippen molar-refractivity contribution in [2.75, 3.05) is 5.73 Å². The summed E-state index contributed by atoms with van der Waals surface area (Å²) in [6.07, 6.45) is 0.829. The van der Waals surface area contributed by atoms with Gasteiger partial charge in [-0.25, -0.2) is 9.37 Å². The topological polar surface area (TPSA) is 86.9 Å². The van der Waals surface area contributed by atoms with E-state index in [1.807, 2.05) is 0 Å². The number of carbonyl (C=O) groups excluding carboxylic acids is 1. The van der Waals surface area contributed by atoms with Crippen LogP contribution in [0.4, 0.5) is 10.3 Å². The zero-order valence-electron chi connectivity index (χ0n) is 9.19. The molecule has 0 aliphatic rings. The Morgan fingerprint density at radius 1 is 1.47 bits per heavy atom. The van der Waals surface area contributed by atoms with Crippen molar-refractivity contribution in [1.29, 1.82) is 0 Å². The van der Waals surface area contributed by atoms with Crippen LogP contribution in [0.2, 0.25) is 0 Å². The first-order chi connectivity index (χ1) is 8.08. The van der Waals surface area contributed by atoms with Gasteiger partial charge < -0.3 is 16.0 Å². The lowest BCUT2D eigenvalue weighted by Crippen LogP contribution is -2.12. The van der Waals surface area contributed by atoms with Gasteiger partial charge in [0.25, 0.3) is 0 Å². The van der Waals surface area contributed by atoms with Crippen molar-refractivity contribution in [2.45, 2.75) is 19.4 Å². The number of nitrogen functional groups attached to an aromatic ring is 1. The Hall–Kier alpha value is -2.11. The molecule has 2 aromatic rings. The number of hydrogen-bond donors (Lipinski definition) is 2. The van der Waals surface area contributed by atoms with Gasteiger partial charge in [0.1, 0.15) is 5.82 Å². The number of aromatic nitrogens is 2. The predicted molar refractivity (Wildman–Crippen MR) is 62.5 cm³/mol. The number of anilines is 1. The van der Waals surface area contributed by atoms with Gasteiger partial charge in [0.2, 0.25) is 11.9 Å². The molecule has 6 heteroatoms. The third-order valence-corrected chi connectivity index (χ3v) is 2.54. The van der Waals surface area contributed by atoms with E-state index in [0.29, 0.717) is 29.9 Å². The van der Waals surface area contributed by atoms with Crippen LogP contribution >= 0.6 is 0 Å². The molecule has 0 atom stereocenters. The number of halogens is 1. The maximum Gasteiger partial charge on any atom is 0.217 e. The first-order valence-electron chi connectivity index (χ1n) is 5.27. The Morgan fingerprint density at radius 2 is 2.24 bits per heavy atom. The molecule has 0 saturated carbocycles. The summed E-state index contributed by atoms with van der Waals surface area (Å²) in [5.41, 5.74) is 12.1. The fourth-order valence-electron chi connectivity index (χ4n) is 1.76. The van der Waals surface area contributed by atoms with Crippen molar-refractivity contribution in [2.24, 2.45) is 5.73 Å². The lowest BCUT2D eigenvalue weighted by atomic mass is 10.2. The minimum Gasteiger partial charge on any atom is -0.370 e. The van der Waals surface area contributed by atoms with Crippen LogP contribution in [-0.4, -0.2) is 15.5 Å². The minimum atomic E-state index is -0.362. The Kier molecular flexibility index (Phi) is 2.95. The SMILES string of the molecule is NC(=O)CCCn1c(N)nc2ccc(F)cc21. The third-order valence-electron chi connectivity index (χ3n) is 2.54. The van der Waals surface area contributed by atoms with Crippen molar-refractivity contribution in [3.63, 3.8) is 0 Å². The quantitative estimate of drug-likeness (QED) is 0.830. The van der Waals surface area contributed by atoms with E-state index < -0.39 is 0 Å². The normalized spacial score (nSPS) is 10.9. The van der Waals surface area contributed by atoms with Crippen LogP contribution in [0.3, 0.4) is 0 Å². The fourth-order valence-corrected chi connectivity index (χ4v) is 1.76. The third kappa shape index (κ3) is 2.35. The maximum absolute atomic E-state index is 13.1. The summed E-state index contributed by atoms with van der Waals surface area (Å²) in [5.74, 6) is -0.386. The molecule has 1 heterocycles. The molecule has 5 nitrogen and oxygen atoms in total. The van der Waals surface area contributed by atoms with Gasteiger partial charge >= 0.3 is 0 Å². The average Bonchev–Trinajstić information content (AvgIpc) is 2.55. The Morgan fingerprint density at radius 3 is 2.94 bits per heavy atom. The molecule has 17 heavy (non-hydrogen) atoms. The number of rotatable bonds is 4. The lowest BCUT2D eigenvalue weighted by Gasteiger charge is -2.05. The Balaban J connectivity index is 2.28. The molecular weight excluding hydrogens is 223 g/mol. The Bertz CT molecular complexity index is 564. The lowest BCUT2D eigenvalue weighted by molar-refractivity contribution is -0.118. The number of hydrogen-bond acceptors (Lipinski definition) is 3. The van der Waals surface area contributed by atoms with Gasteiger partial charge in [0.15, 0.2) is 0 Å². The van der Waals surface area contributed by atoms with Gasteiger partial charge in [-0.15, -0.1) is 0 Å². The van der Waals surface area contributed by atoms with E-state index in [2.05, 4.69) is 4.98 Å². The molecule has 0 aliphatic heterocycles. The fraction of sp³-hybridized carbons (Fsp3) is 0.273. The van der Waals surface area contributed by atoms with Crippen LogP contribution in [0.25, 0.3) is 11.0 Å². The highest BCUT2D eigenvalue weighted by molar-refractivity contribution is 5.78. The Labute approximate surface area is 97.2 Å². The van der Waals surface area contributed by atoms with Crippen molar-refractivity contribution in [1.82, 2.24) is 9.55 Å². The van der Waals surface area contributed by atoms with Gasteiger partial charge in [0.05, 0.1) is 11.0 Å². The molecule has 4 N–H and O–H groups in total. The zero-order valence-corrected chi connectivity index (χ0v) is 9.19. The number of aryl methyl sites for hydroxylation is 1. The van der Waals surface area contributed by atoms with E-state index >= 15 is 0 Å². The van der Waals surface area contributed by atoms with E-state index in [1.54, 1.807) is 10.6 Å². The second kappa shape index (κ2) is 4.40. The van der Waals surface area contributed by atoms with Gasteiger partial charge in [-0.3, -0.25) is 4.79 Å². The van der Waals surface area contributed by atoms with E-state index in [4.69, 9.17) is 11.5 Å². The van der Waals surface area contributed by atoms with Crippen LogP contribution in [0.5, 0.6) is 0 Å². The number of fused-ring (bicyclic) bond motifs is 1. The maximum atomic E-state index is 13.1. The number of imidazole rings is 1. The molecule has 2 rings (SSSR count). The minimum absolute atomic E-state index is 0.272. The summed E-state index contributed by atoms with van der Waals surface area (Å²) in [6.45, 7) is 0.495. The first kappa shape index (κ1) is 11.4. The summed E-state index contributed by atoms with van der Waals surface area (Å²) in [5, 5.41) is 0. The van der Waals surface area contributed by atoms with E-state index in [1.165, 1.54) is 12.1 Å². The number of benzene rings is 1. The van der Waals surface area contributed by atoms with E-state index in [-0.39, 0.29) is 18.1 Å². The van der Waals surface area contributed by atoms with E-state index in [0.717, 1.165) is 0 Å². The molecule has 0 spiro atoms. The molecule has 1 amide bonds. The van der Waals surface area contributed by atoms with Gasteiger partial charge in [-0.05, 0) is 24.6 Å². The molecule has 90 valence electrons. The molecule has 0 radical (unpaired) electrons. The number of nitrogens with zero attached hydrogens (tertiary/aromatic N) is 2. The van der Waals surface area contributed by atoms with Crippen molar-refractivity contribution in [3.05, 3.63) is 24.0 Å². The van der Waals surface area contributed by atoms with Crippen molar-refractivity contribution >= 4 is 22.9 Å². The molecular formula is C11H13FN4O. The van der Waals surface area contributed by atoms with Gasteiger partial charge in [-0.1, -0.05) is 0 Å². The van der Waals surface area contributed by atoms with Crippen molar-refractivity contribution < 1.29 is 9.18 Å². The number of primary amides is 1. The molecule has 0 bridgehead atoms. The average molecular weight is 236 g/mol. The predicted octanol–water partition coefficient (Wildman–Crippen LogP) is 1.02. The standard InChI is InChI=1S/C11H13FN4O/c12-7-3-4-8-9(6-7)16(11(14)15-8)5-1-2-10(13)17/h3-4,6H,1-2,5H2,(H2,13,17)(H2,14,15). The monoisotopic (exact) mass is 236 g/mol. The second-order valence-electron chi connectivity index (χ2n) is 3.82. The summed E-state index contributed by atoms with van der Waals surface area (Å²) < 4.78 is 14.8. The summed E-state index contributed by atoms with van der Waals surface area (Å²) in [4.78, 5) is 14.7. The second-order valence-corrected chi connectivity index (χ2v) is 3.82. The highest BCUT2D eigenvalue weighted by atomic mass is 19.1. The van der Waals surface area contributed by atoms with Crippen LogP contribution < -0.4 is 11.5 Å². The number of nitrogens with two attached hydrogens (primary N) is 2. The zero-order chi connectivity index (χ0) is 12.4. The van der Waals surface area contributed by atoms with Crippen molar-refractivity contribution in [3.8, 4) is 0 Å². The molecule has 0 saturated heterocycles. The molecule has 0 aliphatic carbocycles. The number of carbonyl (C=O) groups is 1. The number of amides is 1. The van der Waals surface area contributed by atoms with E-state index in [9.17, 15) is 9.18 Å². The molecule has 0 fully saturated rings. The largest absolute Gasteiger partial charge is 0.370 e. The van der Waals surface area contributed by atoms with Gasteiger partial charge in [0, 0.05) is 13.0 Å². The summed E-state index contributed by atoms with van der Waals surface area (Å²) in [7, 11) is 0. The molecule has 1 aromatic carbocycles. The highest BCUT2D eigenvalue weighted by Gasteiger charge is 2.08. The van der Waals surface area contributed by atoms with Gasteiger partial charge in [-0.2, -0.15) is 0 Å². The smallest absolute Gasteiger partial charge is 0.217 e. The summed E-state index contributed by atoms with van der Waals surface area (Å²) in [6, 6.07) is 4.29. The highest BCUT2D eigenvalue weighted by Crippen LogP contribution is 2.19.